The van der Waals surface area contributed by atoms with E-state index in [1.54, 1.807) is 49.5 Å². The highest BCUT2D eigenvalue weighted by molar-refractivity contribution is 7.90. The number of aliphatic hydroxyl groups is 1. The van der Waals surface area contributed by atoms with Gasteiger partial charge in [0.25, 0.3) is 15.9 Å². The zero-order chi connectivity index (χ0) is 28.2. The van der Waals surface area contributed by atoms with Gasteiger partial charge < -0.3 is 20.1 Å². The zero-order valence-corrected chi connectivity index (χ0v) is 21.9. The molecular formula is C28H22N4O7S. The first-order valence-corrected chi connectivity index (χ1v) is 14.0. The molecule has 4 aromatic rings. The Morgan fingerprint density at radius 1 is 1.12 bits per heavy atom. The van der Waals surface area contributed by atoms with E-state index in [2.05, 4.69) is 9.83 Å². The minimum atomic E-state index is -4.08. The van der Waals surface area contributed by atoms with Crippen molar-refractivity contribution in [3.8, 4) is 17.4 Å². The quantitative estimate of drug-likeness (QED) is 0.323. The summed E-state index contributed by atoms with van der Waals surface area (Å²) in [5, 5.41) is 34.6. The van der Waals surface area contributed by atoms with Gasteiger partial charge in [-0.3, -0.25) is 14.3 Å². The Labute approximate surface area is 228 Å². The normalized spacial score (nSPS) is 25.8. The molecule has 3 aliphatic heterocycles. The third-order valence-electron chi connectivity index (χ3n) is 8.36. The minimum absolute atomic E-state index is 0.0154. The Kier molecular flexibility index (Phi) is 4.81. The van der Waals surface area contributed by atoms with Crippen molar-refractivity contribution in [2.75, 3.05) is 6.54 Å². The molecule has 202 valence electrons. The molecule has 2 bridgehead atoms. The Balaban J connectivity index is 1.35. The van der Waals surface area contributed by atoms with E-state index in [0.717, 1.165) is 4.31 Å². The van der Waals surface area contributed by atoms with E-state index >= 15 is 0 Å². The number of pyridine rings is 1. The molecule has 11 nitrogen and oxygen atoms in total. The summed E-state index contributed by atoms with van der Waals surface area (Å²) in [4.78, 5) is 20.8. The smallest absolute Gasteiger partial charge is 0.269 e. The number of amides is 1. The number of aliphatic hydroxyl groups excluding tert-OH is 1. The van der Waals surface area contributed by atoms with E-state index in [-0.39, 0.29) is 52.7 Å². The lowest BCUT2D eigenvalue weighted by atomic mass is 9.76. The van der Waals surface area contributed by atoms with Gasteiger partial charge in [-0.15, -0.1) is 0 Å². The standard InChI is InChI=1S/C28H22N4O7S/c1-27-20(33)14-28(39-27,11-13-31-24(34)16-6-3-4-8-19(16)40(31,37)38)22-21(27)25(35)32(26(22)36)18-10-9-17(29-2)23-15(18)7-5-12-30-23/h3-10,12,20,33,35-36H,11,13-14H2,1H3/t20-,27?,28?/m1/s1. The van der Waals surface area contributed by atoms with Crippen molar-refractivity contribution in [1.82, 2.24) is 13.9 Å². The molecule has 5 heterocycles. The van der Waals surface area contributed by atoms with Gasteiger partial charge in [-0.25, -0.2) is 17.6 Å². The number of sulfonamides is 1. The second-order valence-electron chi connectivity index (χ2n) is 10.4. The molecule has 1 fully saturated rings. The molecule has 3 aliphatic rings. The maximum absolute atomic E-state index is 13.2. The summed E-state index contributed by atoms with van der Waals surface area (Å²) >= 11 is 0. The predicted molar refractivity (Wildman–Crippen MR) is 141 cm³/mol. The van der Waals surface area contributed by atoms with Crippen LogP contribution >= 0.6 is 0 Å². The number of nitrogens with zero attached hydrogens (tertiary/aromatic N) is 4. The van der Waals surface area contributed by atoms with E-state index in [0.29, 0.717) is 22.3 Å². The van der Waals surface area contributed by atoms with Crippen molar-refractivity contribution >= 4 is 32.5 Å². The maximum Gasteiger partial charge on any atom is 0.269 e. The topological polar surface area (TPSA) is 147 Å². The van der Waals surface area contributed by atoms with Crippen LogP contribution in [0.25, 0.3) is 21.4 Å². The van der Waals surface area contributed by atoms with Crippen LogP contribution in [0.5, 0.6) is 11.8 Å². The van der Waals surface area contributed by atoms with Crippen molar-refractivity contribution in [2.24, 2.45) is 0 Å². The van der Waals surface area contributed by atoms with Crippen LogP contribution in [0.1, 0.15) is 41.3 Å². The molecule has 2 aromatic carbocycles. The van der Waals surface area contributed by atoms with Gasteiger partial charge in [-0.1, -0.05) is 24.3 Å². The van der Waals surface area contributed by atoms with Gasteiger partial charge in [0.2, 0.25) is 17.4 Å². The van der Waals surface area contributed by atoms with Gasteiger partial charge in [0, 0.05) is 24.5 Å². The fraction of sp³-hybridized carbons (Fsp3) is 0.250. The highest BCUT2D eigenvalue weighted by Crippen LogP contribution is 2.65. The monoisotopic (exact) mass is 558 g/mol. The van der Waals surface area contributed by atoms with E-state index < -0.39 is 33.2 Å². The van der Waals surface area contributed by atoms with Crippen LogP contribution < -0.4 is 0 Å². The lowest BCUT2D eigenvalue weighted by Crippen LogP contribution is -2.36. The molecule has 0 aliphatic carbocycles. The third-order valence-corrected chi connectivity index (χ3v) is 10.2. The summed E-state index contributed by atoms with van der Waals surface area (Å²) in [6, 6.07) is 12.5. The molecule has 1 amide bonds. The number of aromatic hydroxyl groups is 2. The first-order valence-electron chi connectivity index (χ1n) is 12.5. The Bertz CT molecular complexity index is 1950. The van der Waals surface area contributed by atoms with E-state index in [1.807, 2.05) is 0 Å². The lowest BCUT2D eigenvalue weighted by molar-refractivity contribution is -0.105. The number of hydrogen-bond donors (Lipinski definition) is 3. The zero-order valence-electron chi connectivity index (χ0n) is 21.1. The molecule has 12 heteroatoms. The maximum atomic E-state index is 13.2. The van der Waals surface area contributed by atoms with Gasteiger partial charge in [0.1, 0.15) is 16.1 Å². The minimum Gasteiger partial charge on any atom is -0.494 e. The molecular weight excluding hydrogens is 536 g/mol. The molecule has 0 saturated carbocycles. The van der Waals surface area contributed by atoms with Crippen LogP contribution in [-0.2, 0) is 26.0 Å². The molecule has 0 spiro atoms. The van der Waals surface area contributed by atoms with E-state index in [9.17, 15) is 28.5 Å². The first-order chi connectivity index (χ1) is 19.0. The number of aromatic nitrogens is 2. The Morgan fingerprint density at radius 2 is 1.88 bits per heavy atom. The highest BCUT2D eigenvalue weighted by Gasteiger charge is 2.66. The number of benzene rings is 2. The molecule has 2 aromatic heterocycles. The molecule has 1 saturated heterocycles. The van der Waals surface area contributed by atoms with Crippen LogP contribution in [0.4, 0.5) is 5.69 Å². The van der Waals surface area contributed by atoms with Gasteiger partial charge in [0.15, 0.2) is 0 Å². The molecule has 2 unspecified atom stereocenters. The van der Waals surface area contributed by atoms with Crippen molar-refractivity contribution in [1.29, 1.82) is 0 Å². The first kappa shape index (κ1) is 24.6. The SMILES string of the molecule is [C-]#[N+]c1ccc(-n2c(O)c3c(c2O)C2(C)OC3(CCN3C(=O)c4ccccc4S3(=O)=O)C[C@H]2O)c2cccnc12. The largest absolute Gasteiger partial charge is 0.494 e. The average Bonchev–Trinajstić information content (AvgIpc) is 3.54. The molecule has 3 atom stereocenters. The summed E-state index contributed by atoms with van der Waals surface area (Å²) in [6.45, 7) is 8.80. The van der Waals surface area contributed by atoms with E-state index in [4.69, 9.17) is 11.3 Å². The fourth-order valence-electron chi connectivity index (χ4n) is 6.51. The number of fused-ring (bicyclic) bond motifs is 7. The highest BCUT2D eigenvalue weighted by atomic mass is 32.2. The second-order valence-corrected chi connectivity index (χ2v) is 12.2. The third kappa shape index (κ3) is 2.86. The Hall–Kier alpha value is -4.44. The van der Waals surface area contributed by atoms with Crippen molar-refractivity contribution in [3.63, 3.8) is 0 Å². The van der Waals surface area contributed by atoms with Gasteiger partial charge in [0.05, 0.1) is 40.6 Å². The molecule has 7 rings (SSSR count). The van der Waals surface area contributed by atoms with Gasteiger partial charge in [-0.05, 0) is 37.6 Å². The lowest BCUT2D eigenvalue weighted by Gasteiger charge is -2.28. The number of rotatable bonds is 4. The molecule has 3 N–H and O–H groups in total. The van der Waals surface area contributed by atoms with Gasteiger partial charge >= 0.3 is 0 Å². The number of ether oxygens (including phenoxy) is 1. The predicted octanol–water partition coefficient (Wildman–Crippen LogP) is 3.43. The van der Waals surface area contributed by atoms with Crippen LogP contribution in [0, 0.1) is 6.57 Å². The summed E-state index contributed by atoms with van der Waals surface area (Å²) < 4.78 is 34.6. The second kappa shape index (κ2) is 7.82. The van der Waals surface area contributed by atoms with Crippen molar-refractivity contribution in [3.05, 3.63) is 82.8 Å². The summed E-state index contributed by atoms with van der Waals surface area (Å²) in [5.74, 6) is -1.36. The number of carbonyl (C=O) groups excluding carboxylic acids is 1. The fourth-order valence-corrected chi connectivity index (χ4v) is 8.08. The average molecular weight is 559 g/mol. The number of hydrogen-bond acceptors (Lipinski definition) is 8. The summed E-state index contributed by atoms with van der Waals surface area (Å²) in [7, 11) is -4.08. The molecule has 40 heavy (non-hydrogen) atoms. The van der Waals surface area contributed by atoms with Crippen LogP contribution in [-0.4, -0.2) is 56.1 Å². The summed E-state index contributed by atoms with van der Waals surface area (Å²) in [5.41, 5.74) is -1.23. The van der Waals surface area contributed by atoms with Crippen LogP contribution in [0.2, 0.25) is 0 Å². The van der Waals surface area contributed by atoms with Crippen molar-refractivity contribution < 1.29 is 33.3 Å². The van der Waals surface area contributed by atoms with Crippen molar-refractivity contribution in [2.45, 2.75) is 42.0 Å². The van der Waals surface area contributed by atoms with Gasteiger partial charge in [-0.2, -0.15) is 0 Å². The van der Waals surface area contributed by atoms with Crippen LogP contribution in [0.3, 0.4) is 0 Å². The Morgan fingerprint density at radius 3 is 2.62 bits per heavy atom. The van der Waals surface area contributed by atoms with Crippen LogP contribution in [0.15, 0.2) is 59.6 Å². The molecule has 0 radical (unpaired) electrons. The van der Waals surface area contributed by atoms with E-state index in [1.165, 1.54) is 16.7 Å². The number of carbonyl (C=O) groups is 1. The summed E-state index contributed by atoms with van der Waals surface area (Å²) in [6.07, 6.45) is 0.415.